The number of likely N-dealkylation sites (tertiary alicyclic amines) is 1. The first-order chi connectivity index (χ1) is 7.50. The van der Waals surface area contributed by atoms with Gasteiger partial charge in [-0.1, -0.05) is 0 Å². The Bertz CT molecular complexity index is 390. The quantitative estimate of drug-likeness (QED) is 0.892. The van der Waals surface area contributed by atoms with Crippen molar-refractivity contribution in [1.82, 2.24) is 14.9 Å². The Morgan fingerprint density at radius 3 is 2.88 bits per heavy atom. The summed E-state index contributed by atoms with van der Waals surface area (Å²) in [5, 5.41) is 9.62. The van der Waals surface area contributed by atoms with Gasteiger partial charge in [0.2, 0.25) is 5.88 Å². The van der Waals surface area contributed by atoms with E-state index in [-0.39, 0.29) is 0 Å². The van der Waals surface area contributed by atoms with Crippen LogP contribution in [0.4, 0.5) is 0 Å². The number of halogens is 1. The largest absolute Gasteiger partial charge is 0.480 e. The lowest BCUT2D eigenvalue weighted by Gasteiger charge is -2.44. The van der Waals surface area contributed by atoms with Gasteiger partial charge in [-0.3, -0.25) is 9.88 Å². The minimum Gasteiger partial charge on any atom is -0.480 e. The molecule has 5 nitrogen and oxygen atoms in total. The Morgan fingerprint density at radius 2 is 2.31 bits per heavy atom. The molecule has 0 atom stereocenters. The van der Waals surface area contributed by atoms with Crippen LogP contribution in [0.1, 0.15) is 12.6 Å². The van der Waals surface area contributed by atoms with E-state index in [4.69, 9.17) is 4.74 Å². The van der Waals surface area contributed by atoms with E-state index in [1.807, 2.05) is 6.92 Å². The third-order valence-electron chi connectivity index (χ3n) is 2.48. The first kappa shape index (κ1) is 11.8. The molecule has 1 aliphatic heterocycles. The van der Waals surface area contributed by atoms with Gasteiger partial charge in [-0.2, -0.15) is 0 Å². The topological polar surface area (TPSA) is 58.5 Å². The molecule has 2 rings (SSSR count). The summed E-state index contributed by atoms with van der Waals surface area (Å²) in [7, 11) is 1.58. The number of nitrogens with zero attached hydrogens (tertiary/aromatic N) is 3. The fraction of sp³-hybridized carbons (Fsp3) is 0.600. The Balaban J connectivity index is 2.05. The van der Waals surface area contributed by atoms with Crippen LogP contribution in [0.2, 0.25) is 0 Å². The Morgan fingerprint density at radius 1 is 1.62 bits per heavy atom. The maximum Gasteiger partial charge on any atom is 0.237 e. The van der Waals surface area contributed by atoms with Crippen molar-refractivity contribution in [2.75, 3.05) is 20.2 Å². The Hall–Kier alpha value is -0.720. The predicted octanol–water partition coefficient (Wildman–Crippen LogP) is 0.814. The molecule has 6 heteroatoms. The van der Waals surface area contributed by atoms with E-state index in [1.165, 1.54) is 0 Å². The van der Waals surface area contributed by atoms with Crippen LogP contribution in [0.5, 0.6) is 5.88 Å². The zero-order valence-corrected chi connectivity index (χ0v) is 10.9. The van der Waals surface area contributed by atoms with Crippen LogP contribution >= 0.6 is 15.9 Å². The molecule has 1 aromatic heterocycles. The average Bonchev–Trinajstić information content (AvgIpc) is 2.18. The SMILES string of the molecule is COc1nc(Br)cnc1CN1CC(C)(O)C1. The van der Waals surface area contributed by atoms with Crippen molar-refractivity contribution in [2.45, 2.75) is 19.1 Å². The zero-order chi connectivity index (χ0) is 11.8. The van der Waals surface area contributed by atoms with Crippen LogP contribution in [0.3, 0.4) is 0 Å². The molecule has 0 unspecified atom stereocenters. The van der Waals surface area contributed by atoms with E-state index < -0.39 is 5.60 Å². The molecule has 1 aromatic rings. The van der Waals surface area contributed by atoms with Crippen molar-refractivity contribution in [3.05, 3.63) is 16.5 Å². The Kier molecular flexibility index (Phi) is 3.14. The molecule has 0 aromatic carbocycles. The maximum absolute atomic E-state index is 9.62. The molecular weight excluding hydrogens is 274 g/mol. The summed E-state index contributed by atoms with van der Waals surface area (Å²) < 4.78 is 5.81. The highest BCUT2D eigenvalue weighted by Crippen LogP contribution is 2.24. The van der Waals surface area contributed by atoms with Crippen LogP contribution in [-0.4, -0.2) is 45.8 Å². The van der Waals surface area contributed by atoms with E-state index in [0.717, 1.165) is 5.69 Å². The van der Waals surface area contributed by atoms with E-state index >= 15 is 0 Å². The van der Waals surface area contributed by atoms with Gasteiger partial charge in [0.1, 0.15) is 10.3 Å². The standard InChI is InChI=1S/C10H14BrN3O2/c1-10(15)5-14(6-10)4-7-9(16-2)13-8(11)3-12-7/h3,15H,4-6H2,1-2H3. The highest BCUT2D eigenvalue weighted by molar-refractivity contribution is 9.10. The van der Waals surface area contributed by atoms with Crippen molar-refractivity contribution >= 4 is 15.9 Å². The van der Waals surface area contributed by atoms with Crippen LogP contribution < -0.4 is 4.74 Å². The first-order valence-electron chi connectivity index (χ1n) is 5.00. The predicted molar refractivity (Wildman–Crippen MR) is 62.2 cm³/mol. The third-order valence-corrected chi connectivity index (χ3v) is 2.86. The molecule has 0 amide bonds. The lowest BCUT2D eigenvalue weighted by atomic mass is 9.97. The zero-order valence-electron chi connectivity index (χ0n) is 9.27. The minimum atomic E-state index is -0.559. The van der Waals surface area contributed by atoms with Crippen LogP contribution in [-0.2, 0) is 6.54 Å². The van der Waals surface area contributed by atoms with Crippen molar-refractivity contribution in [1.29, 1.82) is 0 Å². The number of aromatic nitrogens is 2. The second kappa shape index (κ2) is 4.27. The van der Waals surface area contributed by atoms with Crippen LogP contribution in [0.25, 0.3) is 0 Å². The lowest BCUT2D eigenvalue weighted by Crippen LogP contribution is -2.59. The molecule has 88 valence electrons. The fourth-order valence-electron chi connectivity index (χ4n) is 1.89. The molecule has 1 N–H and O–H groups in total. The lowest BCUT2D eigenvalue weighted by molar-refractivity contribution is -0.0878. The number of hydrogen-bond acceptors (Lipinski definition) is 5. The first-order valence-corrected chi connectivity index (χ1v) is 5.79. The summed E-state index contributed by atoms with van der Waals surface area (Å²) in [6, 6.07) is 0. The molecule has 1 aliphatic rings. The molecule has 0 aliphatic carbocycles. The van der Waals surface area contributed by atoms with Gasteiger partial charge < -0.3 is 9.84 Å². The average molecular weight is 288 g/mol. The van der Waals surface area contributed by atoms with Gasteiger partial charge >= 0.3 is 0 Å². The van der Waals surface area contributed by atoms with E-state index in [9.17, 15) is 5.11 Å². The number of methoxy groups -OCH3 is 1. The molecule has 1 fully saturated rings. The number of rotatable bonds is 3. The number of β-amino-alcohol motifs (C(OH)–C–C–N with tert-alkyl or cyclic N) is 1. The van der Waals surface area contributed by atoms with Crippen LogP contribution in [0.15, 0.2) is 10.8 Å². The van der Waals surface area contributed by atoms with Crippen molar-refractivity contribution in [3.63, 3.8) is 0 Å². The molecule has 0 bridgehead atoms. The number of hydrogen-bond donors (Lipinski definition) is 1. The second-order valence-corrected chi connectivity index (χ2v) is 5.10. The molecule has 0 saturated carbocycles. The molecule has 0 radical (unpaired) electrons. The summed E-state index contributed by atoms with van der Waals surface area (Å²) in [5.74, 6) is 0.529. The van der Waals surface area contributed by atoms with Gasteiger partial charge in [0, 0.05) is 19.6 Å². The van der Waals surface area contributed by atoms with Gasteiger partial charge in [0.25, 0.3) is 0 Å². The summed E-state index contributed by atoms with van der Waals surface area (Å²) in [5.41, 5.74) is 0.233. The number of ether oxygens (including phenoxy) is 1. The van der Waals surface area contributed by atoms with Crippen molar-refractivity contribution in [2.24, 2.45) is 0 Å². The second-order valence-electron chi connectivity index (χ2n) is 4.29. The number of aliphatic hydroxyl groups is 1. The molecule has 1 saturated heterocycles. The molecule has 0 spiro atoms. The van der Waals surface area contributed by atoms with Crippen molar-refractivity contribution < 1.29 is 9.84 Å². The minimum absolute atomic E-state index is 0.529. The van der Waals surface area contributed by atoms with Gasteiger partial charge in [-0.25, -0.2) is 4.98 Å². The van der Waals surface area contributed by atoms with Gasteiger partial charge in [0.05, 0.1) is 18.9 Å². The monoisotopic (exact) mass is 287 g/mol. The maximum atomic E-state index is 9.62. The fourth-order valence-corrected chi connectivity index (χ4v) is 2.15. The third kappa shape index (κ3) is 2.50. The van der Waals surface area contributed by atoms with E-state index in [1.54, 1.807) is 13.3 Å². The molecule has 16 heavy (non-hydrogen) atoms. The van der Waals surface area contributed by atoms with Gasteiger partial charge in [-0.15, -0.1) is 0 Å². The van der Waals surface area contributed by atoms with E-state index in [2.05, 4.69) is 30.8 Å². The summed E-state index contributed by atoms with van der Waals surface area (Å²) in [6.07, 6.45) is 1.65. The van der Waals surface area contributed by atoms with Crippen LogP contribution in [0, 0.1) is 0 Å². The molecule has 2 heterocycles. The summed E-state index contributed by atoms with van der Waals surface area (Å²) in [6.45, 7) is 3.80. The van der Waals surface area contributed by atoms with Crippen molar-refractivity contribution in [3.8, 4) is 5.88 Å². The highest BCUT2D eigenvalue weighted by Gasteiger charge is 2.36. The normalized spacial score (nSPS) is 19.2. The van der Waals surface area contributed by atoms with Gasteiger partial charge in [0.15, 0.2) is 0 Å². The molecular formula is C10H14BrN3O2. The van der Waals surface area contributed by atoms with Gasteiger partial charge in [-0.05, 0) is 22.9 Å². The van der Waals surface area contributed by atoms with E-state index in [0.29, 0.717) is 30.1 Å². The highest BCUT2D eigenvalue weighted by atomic mass is 79.9. The smallest absolute Gasteiger partial charge is 0.237 e. The summed E-state index contributed by atoms with van der Waals surface area (Å²) in [4.78, 5) is 10.5. The Labute approximate surface area is 103 Å². The summed E-state index contributed by atoms with van der Waals surface area (Å²) >= 11 is 3.25.